The lowest BCUT2D eigenvalue weighted by atomic mass is 10.0. The van der Waals surface area contributed by atoms with Gasteiger partial charge in [0.25, 0.3) is 0 Å². The van der Waals surface area contributed by atoms with Crippen molar-refractivity contribution in [2.24, 2.45) is 0 Å². The highest BCUT2D eigenvalue weighted by molar-refractivity contribution is 9.10. The topological polar surface area (TPSA) is 62.5 Å². The van der Waals surface area contributed by atoms with Crippen LogP contribution in [0.2, 0.25) is 0 Å². The minimum atomic E-state index is 0.161. The molecule has 0 aromatic heterocycles. The fourth-order valence-corrected chi connectivity index (χ4v) is 2.42. The molecule has 1 aliphatic heterocycles. The third-order valence-corrected chi connectivity index (χ3v) is 3.72. The zero-order chi connectivity index (χ0) is 14.8. The molecule has 0 bridgehead atoms. The molecule has 0 radical (unpaired) electrons. The third kappa shape index (κ3) is 2.71. The van der Waals surface area contributed by atoms with E-state index in [1.807, 2.05) is 6.07 Å². The highest BCUT2D eigenvalue weighted by Gasteiger charge is 2.14. The molecular weight excluding hydrogens is 334 g/mol. The molecule has 4 nitrogen and oxygen atoms in total. The summed E-state index contributed by atoms with van der Waals surface area (Å²) in [4.78, 5) is 0. The van der Waals surface area contributed by atoms with Gasteiger partial charge in [0.05, 0.1) is 16.1 Å². The van der Waals surface area contributed by atoms with Gasteiger partial charge in [-0.3, -0.25) is 0 Å². The monoisotopic (exact) mass is 343 g/mol. The van der Waals surface area contributed by atoms with Gasteiger partial charge in [-0.15, -0.1) is 0 Å². The van der Waals surface area contributed by atoms with Gasteiger partial charge in [-0.2, -0.15) is 5.26 Å². The summed E-state index contributed by atoms with van der Waals surface area (Å²) in [6.45, 7) is 0.204. The van der Waals surface area contributed by atoms with Crippen LogP contribution in [0.5, 0.6) is 17.2 Å². The molecule has 0 fully saturated rings. The molecule has 0 amide bonds. The summed E-state index contributed by atoms with van der Waals surface area (Å²) in [7, 11) is 0. The van der Waals surface area contributed by atoms with Crippen LogP contribution >= 0.6 is 15.9 Å². The lowest BCUT2D eigenvalue weighted by Crippen LogP contribution is -1.92. The molecule has 1 aliphatic rings. The van der Waals surface area contributed by atoms with E-state index in [0.717, 1.165) is 11.1 Å². The summed E-state index contributed by atoms with van der Waals surface area (Å²) in [6, 6.07) is 12.6. The number of rotatable bonds is 2. The molecule has 2 aromatic rings. The van der Waals surface area contributed by atoms with Gasteiger partial charge in [0, 0.05) is 0 Å². The van der Waals surface area contributed by atoms with Crippen molar-refractivity contribution in [3.8, 4) is 23.3 Å². The van der Waals surface area contributed by atoms with E-state index in [2.05, 4.69) is 22.0 Å². The second-order valence-corrected chi connectivity index (χ2v) is 5.30. The molecule has 0 unspecified atom stereocenters. The van der Waals surface area contributed by atoms with E-state index >= 15 is 0 Å². The van der Waals surface area contributed by atoms with Crippen LogP contribution in [-0.4, -0.2) is 11.9 Å². The van der Waals surface area contributed by atoms with Crippen LogP contribution in [0.25, 0.3) is 11.6 Å². The minimum Gasteiger partial charge on any atom is -0.507 e. The number of aromatic hydroxyl groups is 1. The highest BCUT2D eigenvalue weighted by atomic mass is 79.9. The van der Waals surface area contributed by atoms with Crippen molar-refractivity contribution in [1.82, 2.24) is 0 Å². The summed E-state index contributed by atoms with van der Waals surface area (Å²) < 4.78 is 11.2. The van der Waals surface area contributed by atoms with E-state index in [1.54, 1.807) is 36.4 Å². The first-order chi connectivity index (χ1) is 10.2. The standard InChI is InChI=1S/C16H10BrNO3/c17-13-6-10(1-3-14(13)19)5-12(8-18)11-2-4-15-16(7-11)21-9-20-15/h1-7,19H,9H2/b12-5-. The molecule has 0 atom stereocenters. The van der Waals surface area contributed by atoms with Gasteiger partial charge in [0.15, 0.2) is 11.5 Å². The Balaban J connectivity index is 2.00. The molecule has 0 aliphatic carbocycles. The molecular formula is C16H10BrNO3. The maximum Gasteiger partial charge on any atom is 0.231 e. The molecule has 3 rings (SSSR count). The van der Waals surface area contributed by atoms with Crippen LogP contribution in [0.4, 0.5) is 0 Å². The number of phenolic OH excluding ortho intramolecular Hbond substituents is 1. The second kappa shape index (κ2) is 5.51. The Labute approximate surface area is 130 Å². The Morgan fingerprint density at radius 1 is 1.19 bits per heavy atom. The highest BCUT2D eigenvalue weighted by Crippen LogP contribution is 2.35. The quantitative estimate of drug-likeness (QED) is 0.662. The van der Waals surface area contributed by atoms with Gasteiger partial charge in [-0.25, -0.2) is 0 Å². The van der Waals surface area contributed by atoms with E-state index in [1.165, 1.54) is 0 Å². The fourth-order valence-electron chi connectivity index (χ4n) is 2.02. The molecule has 21 heavy (non-hydrogen) atoms. The van der Waals surface area contributed by atoms with E-state index in [4.69, 9.17) is 9.47 Å². The van der Waals surface area contributed by atoms with Crippen molar-refractivity contribution in [2.75, 3.05) is 6.79 Å². The predicted octanol–water partition coefficient (Wildman–Crippen LogP) is 3.95. The van der Waals surface area contributed by atoms with E-state index in [0.29, 0.717) is 21.5 Å². The molecule has 5 heteroatoms. The normalized spacial score (nSPS) is 13.0. The number of phenols is 1. The maximum atomic E-state index is 9.49. The second-order valence-electron chi connectivity index (χ2n) is 4.45. The molecule has 0 spiro atoms. The molecule has 2 aromatic carbocycles. The molecule has 0 saturated carbocycles. The van der Waals surface area contributed by atoms with Crippen LogP contribution in [-0.2, 0) is 0 Å². The van der Waals surface area contributed by atoms with E-state index in [9.17, 15) is 10.4 Å². The van der Waals surface area contributed by atoms with Crippen LogP contribution < -0.4 is 9.47 Å². The number of allylic oxidation sites excluding steroid dienone is 1. The number of hydrogen-bond acceptors (Lipinski definition) is 4. The smallest absolute Gasteiger partial charge is 0.231 e. The summed E-state index contributed by atoms with van der Waals surface area (Å²) >= 11 is 3.26. The van der Waals surface area contributed by atoms with E-state index in [-0.39, 0.29) is 12.5 Å². The average Bonchev–Trinajstić information content (AvgIpc) is 2.95. The third-order valence-electron chi connectivity index (χ3n) is 3.09. The molecule has 104 valence electrons. The van der Waals surface area contributed by atoms with Gasteiger partial charge >= 0.3 is 0 Å². The number of nitrogens with zero attached hydrogens (tertiary/aromatic N) is 1. The van der Waals surface area contributed by atoms with Gasteiger partial charge in [-0.05, 0) is 63.5 Å². The van der Waals surface area contributed by atoms with Crippen molar-refractivity contribution >= 4 is 27.6 Å². The molecule has 1 N–H and O–H groups in total. The maximum absolute atomic E-state index is 9.49. The Kier molecular flexibility index (Phi) is 3.55. The Bertz CT molecular complexity index is 778. The number of fused-ring (bicyclic) bond motifs is 1. The van der Waals surface area contributed by atoms with Gasteiger partial charge < -0.3 is 14.6 Å². The Hall–Kier alpha value is -2.45. The summed E-state index contributed by atoms with van der Waals surface area (Å²) in [6.07, 6.45) is 1.75. The lowest BCUT2D eigenvalue weighted by molar-refractivity contribution is 0.174. The van der Waals surface area contributed by atoms with Crippen LogP contribution in [0.3, 0.4) is 0 Å². The Morgan fingerprint density at radius 3 is 2.76 bits per heavy atom. The number of halogens is 1. The SMILES string of the molecule is N#C/C(=C/c1ccc(O)c(Br)c1)c1ccc2c(c1)OCO2. The summed E-state index contributed by atoms with van der Waals surface area (Å²) in [5.41, 5.74) is 2.07. The van der Waals surface area contributed by atoms with Gasteiger partial charge in [0.2, 0.25) is 6.79 Å². The van der Waals surface area contributed by atoms with Crippen molar-refractivity contribution in [2.45, 2.75) is 0 Å². The predicted molar refractivity (Wildman–Crippen MR) is 81.9 cm³/mol. The first-order valence-corrected chi connectivity index (χ1v) is 6.97. The van der Waals surface area contributed by atoms with E-state index < -0.39 is 0 Å². The summed E-state index contributed by atoms with van der Waals surface area (Å²) in [5.74, 6) is 1.48. The van der Waals surface area contributed by atoms with Crippen molar-refractivity contribution in [1.29, 1.82) is 5.26 Å². The number of hydrogen-bond donors (Lipinski definition) is 1. The van der Waals surface area contributed by atoms with Crippen molar-refractivity contribution < 1.29 is 14.6 Å². The summed E-state index contributed by atoms with van der Waals surface area (Å²) in [5, 5.41) is 18.9. The zero-order valence-corrected chi connectivity index (χ0v) is 12.4. The van der Waals surface area contributed by atoms with Crippen LogP contribution in [0.1, 0.15) is 11.1 Å². The fraction of sp³-hybridized carbons (Fsp3) is 0.0625. The first-order valence-electron chi connectivity index (χ1n) is 6.18. The van der Waals surface area contributed by atoms with Gasteiger partial charge in [-0.1, -0.05) is 6.07 Å². The minimum absolute atomic E-state index is 0.161. The number of ether oxygens (including phenoxy) is 2. The zero-order valence-electron chi connectivity index (χ0n) is 10.8. The van der Waals surface area contributed by atoms with Gasteiger partial charge in [0.1, 0.15) is 5.75 Å². The molecule has 0 saturated heterocycles. The van der Waals surface area contributed by atoms with Crippen molar-refractivity contribution in [3.05, 3.63) is 52.0 Å². The molecule has 1 heterocycles. The average molecular weight is 344 g/mol. The van der Waals surface area contributed by atoms with Crippen LogP contribution in [0.15, 0.2) is 40.9 Å². The largest absolute Gasteiger partial charge is 0.507 e. The number of benzene rings is 2. The Morgan fingerprint density at radius 2 is 2.00 bits per heavy atom. The van der Waals surface area contributed by atoms with Crippen molar-refractivity contribution in [3.63, 3.8) is 0 Å². The van der Waals surface area contributed by atoms with Crippen LogP contribution in [0, 0.1) is 11.3 Å². The number of nitriles is 1. The first kappa shape index (κ1) is 13.5. The lowest BCUT2D eigenvalue weighted by Gasteiger charge is -2.03.